The van der Waals surface area contributed by atoms with Crippen molar-refractivity contribution in [2.75, 3.05) is 40.3 Å². The second kappa shape index (κ2) is 16.6. The summed E-state index contributed by atoms with van der Waals surface area (Å²) in [6, 6.07) is 20.7. The summed E-state index contributed by atoms with van der Waals surface area (Å²) in [5.74, 6) is 0.389. The molecule has 2 unspecified atom stereocenters. The van der Waals surface area contributed by atoms with Gasteiger partial charge < -0.3 is 11.1 Å². The Morgan fingerprint density at radius 3 is 1.65 bits per heavy atom. The number of amides is 1. The molecule has 2 aliphatic heterocycles. The highest BCUT2D eigenvalue weighted by Crippen LogP contribution is 2.20. The van der Waals surface area contributed by atoms with Gasteiger partial charge in [-0.05, 0) is 55.7 Å². The summed E-state index contributed by atoms with van der Waals surface area (Å²) in [5.41, 5.74) is 7.11. The normalized spacial score (nSPS) is 19.6. The third kappa shape index (κ3) is 10.1. The molecule has 34 heavy (non-hydrogen) atoms. The van der Waals surface area contributed by atoms with Crippen LogP contribution in [0.3, 0.4) is 0 Å². The number of carbonyl (C=O) groups excluding carboxylic acids is 2. The van der Waals surface area contributed by atoms with E-state index in [4.69, 9.17) is 11.6 Å². The number of nitrogens with zero attached hydrogens (tertiary/aromatic N) is 2. The molecule has 0 aromatic heterocycles. The van der Waals surface area contributed by atoms with E-state index in [1.807, 2.05) is 24.3 Å². The number of halogens is 2. The van der Waals surface area contributed by atoms with Crippen LogP contribution < -0.4 is 11.1 Å². The molecule has 2 aliphatic rings. The molecule has 0 aliphatic carbocycles. The molecule has 6 nitrogen and oxygen atoms in total. The van der Waals surface area contributed by atoms with E-state index in [-0.39, 0.29) is 35.4 Å². The molecule has 2 saturated heterocycles. The van der Waals surface area contributed by atoms with Crippen molar-refractivity contribution in [1.82, 2.24) is 15.1 Å². The van der Waals surface area contributed by atoms with Gasteiger partial charge in [0.25, 0.3) is 0 Å². The van der Waals surface area contributed by atoms with Crippen molar-refractivity contribution >= 4 is 35.2 Å². The highest BCUT2D eigenvalue weighted by Gasteiger charge is 2.27. The van der Waals surface area contributed by atoms with Gasteiger partial charge >= 0.3 is 0 Å². The minimum Gasteiger partial charge on any atom is -0.359 e. The van der Waals surface area contributed by atoms with Crippen LogP contribution in [0, 0.1) is 11.8 Å². The fourth-order valence-corrected chi connectivity index (χ4v) is 4.42. The third-order valence-electron chi connectivity index (χ3n) is 5.98. The lowest BCUT2D eigenvalue weighted by Gasteiger charge is -2.15. The van der Waals surface area contributed by atoms with Gasteiger partial charge in [-0.15, -0.1) is 12.4 Å². The number of rotatable bonds is 6. The zero-order valence-electron chi connectivity index (χ0n) is 20.2. The minimum absolute atomic E-state index is 0. The Bertz CT molecular complexity index is 839. The SMILES string of the molecule is CN.CNC(=O)C1CCN(Cc2ccccc2)C1.Cl.O=C(Cl)C1CCN(Cc2ccccc2)C1. The minimum atomic E-state index is -0.189. The second-order valence-corrected chi connectivity index (χ2v) is 8.70. The van der Waals surface area contributed by atoms with Crippen molar-refractivity contribution in [2.24, 2.45) is 17.6 Å². The van der Waals surface area contributed by atoms with Crippen molar-refractivity contribution in [2.45, 2.75) is 25.9 Å². The van der Waals surface area contributed by atoms with Gasteiger partial charge in [0.2, 0.25) is 11.1 Å². The fourth-order valence-electron chi connectivity index (χ4n) is 4.24. The van der Waals surface area contributed by atoms with Crippen molar-refractivity contribution in [1.29, 1.82) is 0 Å². The van der Waals surface area contributed by atoms with Crippen LogP contribution in [0.25, 0.3) is 0 Å². The van der Waals surface area contributed by atoms with E-state index in [2.05, 4.69) is 57.2 Å². The molecule has 0 bridgehead atoms. The van der Waals surface area contributed by atoms with Crippen LogP contribution in [0.1, 0.15) is 24.0 Å². The second-order valence-electron chi connectivity index (χ2n) is 8.33. The third-order valence-corrected chi connectivity index (χ3v) is 6.29. The molecule has 8 heteroatoms. The maximum Gasteiger partial charge on any atom is 0.226 e. The summed E-state index contributed by atoms with van der Waals surface area (Å²) in [6.07, 6.45) is 1.88. The number of hydrogen-bond donors (Lipinski definition) is 2. The molecule has 0 saturated carbocycles. The highest BCUT2D eigenvalue weighted by molar-refractivity contribution is 6.64. The number of carbonyl (C=O) groups is 2. The predicted octanol–water partition coefficient (Wildman–Crippen LogP) is 3.53. The number of benzene rings is 2. The van der Waals surface area contributed by atoms with Gasteiger partial charge in [-0.2, -0.15) is 0 Å². The maximum absolute atomic E-state index is 11.5. The topological polar surface area (TPSA) is 78.7 Å². The number of likely N-dealkylation sites (tertiary alicyclic amines) is 2. The first-order valence-corrected chi connectivity index (χ1v) is 11.9. The monoisotopic (exact) mass is 508 g/mol. The van der Waals surface area contributed by atoms with Crippen LogP contribution in [0.4, 0.5) is 0 Å². The van der Waals surface area contributed by atoms with Gasteiger partial charge in [-0.25, -0.2) is 0 Å². The lowest BCUT2D eigenvalue weighted by atomic mass is 10.1. The molecule has 3 N–H and O–H groups in total. The van der Waals surface area contributed by atoms with E-state index in [1.54, 1.807) is 7.05 Å². The maximum atomic E-state index is 11.5. The first kappa shape index (κ1) is 30.1. The highest BCUT2D eigenvalue weighted by atomic mass is 35.5. The van der Waals surface area contributed by atoms with Crippen LogP contribution >= 0.6 is 24.0 Å². The van der Waals surface area contributed by atoms with Gasteiger partial charge in [-0.3, -0.25) is 19.4 Å². The summed E-state index contributed by atoms with van der Waals surface area (Å²) >= 11 is 5.49. The van der Waals surface area contributed by atoms with Crippen molar-refractivity contribution in [3.63, 3.8) is 0 Å². The molecule has 2 aromatic rings. The van der Waals surface area contributed by atoms with Gasteiger partial charge in [0, 0.05) is 39.1 Å². The van der Waals surface area contributed by atoms with E-state index in [0.29, 0.717) is 0 Å². The molecule has 2 fully saturated rings. The number of nitrogens with two attached hydrogens (primary N) is 1. The molecule has 2 atom stereocenters. The first-order chi connectivity index (χ1) is 16.0. The van der Waals surface area contributed by atoms with Crippen molar-refractivity contribution < 1.29 is 9.59 Å². The Balaban J connectivity index is 0.000000309. The zero-order valence-corrected chi connectivity index (χ0v) is 21.7. The van der Waals surface area contributed by atoms with E-state index >= 15 is 0 Å². The Morgan fingerprint density at radius 2 is 1.26 bits per heavy atom. The predicted molar refractivity (Wildman–Crippen MR) is 142 cm³/mol. The molecule has 0 spiro atoms. The molecule has 1 amide bonds. The van der Waals surface area contributed by atoms with E-state index in [9.17, 15) is 9.59 Å². The first-order valence-electron chi connectivity index (χ1n) is 11.6. The van der Waals surface area contributed by atoms with Crippen LogP contribution in [-0.4, -0.2) is 61.2 Å². The van der Waals surface area contributed by atoms with E-state index < -0.39 is 0 Å². The molecule has 188 valence electrons. The Hall–Kier alpha value is -1.96. The lowest BCUT2D eigenvalue weighted by molar-refractivity contribution is -0.124. The standard InChI is InChI=1S/C13H18N2O.C12H14ClNO.CH5N.ClH/c1-14-13(16)12-7-8-15(10-12)9-11-5-3-2-4-6-11;13-12(15)11-6-7-14(9-11)8-10-4-2-1-3-5-10;1-2;/h2-6,12H,7-10H2,1H3,(H,14,16);1-5,11H,6-9H2;2H2,1H3;1H. The quantitative estimate of drug-likeness (QED) is 0.583. The van der Waals surface area contributed by atoms with Gasteiger partial charge in [0.05, 0.1) is 5.92 Å². The largest absolute Gasteiger partial charge is 0.359 e. The van der Waals surface area contributed by atoms with Crippen molar-refractivity contribution in [3.05, 3.63) is 71.8 Å². The molecule has 2 heterocycles. The fraction of sp³-hybridized carbons (Fsp3) is 0.462. The van der Waals surface area contributed by atoms with Crippen LogP contribution in [0.5, 0.6) is 0 Å². The van der Waals surface area contributed by atoms with Gasteiger partial charge in [-0.1, -0.05) is 60.7 Å². The Labute approximate surface area is 215 Å². The molecule has 4 rings (SSSR count). The van der Waals surface area contributed by atoms with Crippen molar-refractivity contribution in [3.8, 4) is 0 Å². The average molecular weight is 510 g/mol. The molecular weight excluding hydrogens is 471 g/mol. The summed E-state index contributed by atoms with van der Waals surface area (Å²) in [5, 5.41) is 2.54. The molecular formula is C26H38Cl2N4O2. The lowest BCUT2D eigenvalue weighted by Crippen LogP contribution is -2.30. The van der Waals surface area contributed by atoms with Gasteiger partial charge in [0.15, 0.2) is 0 Å². The zero-order chi connectivity index (χ0) is 24.1. The van der Waals surface area contributed by atoms with Crippen LogP contribution in [0.2, 0.25) is 0 Å². The van der Waals surface area contributed by atoms with E-state index in [0.717, 1.165) is 52.1 Å². The number of hydrogen-bond acceptors (Lipinski definition) is 5. The summed E-state index contributed by atoms with van der Waals surface area (Å²) in [7, 11) is 3.21. The summed E-state index contributed by atoms with van der Waals surface area (Å²) in [6.45, 7) is 5.55. The summed E-state index contributed by atoms with van der Waals surface area (Å²) < 4.78 is 0. The van der Waals surface area contributed by atoms with Gasteiger partial charge in [0.1, 0.15) is 0 Å². The Morgan fingerprint density at radius 1 is 0.853 bits per heavy atom. The van der Waals surface area contributed by atoms with E-state index in [1.165, 1.54) is 18.2 Å². The average Bonchev–Trinajstić information content (AvgIpc) is 3.52. The smallest absolute Gasteiger partial charge is 0.226 e. The molecule has 2 aromatic carbocycles. The number of nitrogens with one attached hydrogen (secondary N) is 1. The van der Waals surface area contributed by atoms with Crippen LogP contribution in [0.15, 0.2) is 60.7 Å². The Kier molecular flexibility index (Phi) is 14.7. The van der Waals surface area contributed by atoms with Crippen LogP contribution in [-0.2, 0) is 22.7 Å². The molecule has 0 radical (unpaired) electrons. The summed E-state index contributed by atoms with van der Waals surface area (Å²) in [4.78, 5) is 27.1.